The Hall–Kier alpha value is -1.97. The highest BCUT2D eigenvalue weighted by atomic mass is 16.7. The summed E-state index contributed by atoms with van der Waals surface area (Å²) in [6.07, 6.45) is -6.96. The third kappa shape index (κ3) is 3.46. The van der Waals surface area contributed by atoms with E-state index >= 15 is 0 Å². The standard InChI is InChI=1S/C18H22O8/c1-8(2)12-6-10-5-9(3-4-11(10)24-12)17(23)26-18-16(22)15(21)14(20)13(7-19)25-18/h3-5,12-16,18-22H,1,6-7H2,2H3/t12-,13-,14-,15+,16-,18+/m0/s1. The van der Waals surface area contributed by atoms with Gasteiger partial charge in [0.1, 0.15) is 36.3 Å². The van der Waals surface area contributed by atoms with Gasteiger partial charge in [0, 0.05) is 6.42 Å². The molecule has 0 bridgehead atoms. The van der Waals surface area contributed by atoms with Crippen LogP contribution in [0.5, 0.6) is 5.75 Å². The number of carbonyl (C=O) groups is 1. The molecule has 1 fully saturated rings. The number of fused-ring (bicyclic) bond motifs is 1. The van der Waals surface area contributed by atoms with Gasteiger partial charge in [0.15, 0.2) is 0 Å². The minimum absolute atomic E-state index is 0.137. The third-order valence-electron chi connectivity index (χ3n) is 4.59. The van der Waals surface area contributed by atoms with Crippen molar-refractivity contribution in [3.8, 4) is 5.75 Å². The largest absolute Gasteiger partial charge is 0.485 e. The molecule has 8 nitrogen and oxygen atoms in total. The first-order chi connectivity index (χ1) is 12.3. The molecule has 1 aromatic carbocycles. The lowest BCUT2D eigenvalue weighted by atomic mass is 9.99. The SMILES string of the molecule is C=C(C)[C@@H]1Cc2cc(C(=O)O[C@H]3O[C@@H](CO)[C@H](O)[C@@H](O)[C@@H]3O)ccc2O1. The molecule has 8 heteroatoms. The number of carbonyl (C=O) groups excluding carboxylic acids is 1. The molecule has 0 radical (unpaired) electrons. The molecular weight excluding hydrogens is 344 g/mol. The Labute approximate surface area is 150 Å². The van der Waals surface area contributed by atoms with Crippen molar-refractivity contribution in [3.63, 3.8) is 0 Å². The summed E-state index contributed by atoms with van der Waals surface area (Å²) in [4.78, 5) is 12.4. The molecule has 6 atom stereocenters. The van der Waals surface area contributed by atoms with E-state index in [9.17, 15) is 25.2 Å². The van der Waals surface area contributed by atoms with E-state index in [0.717, 1.165) is 11.1 Å². The summed E-state index contributed by atoms with van der Waals surface area (Å²) in [6, 6.07) is 4.80. The summed E-state index contributed by atoms with van der Waals surface area (Å²) < 4.78 is 16.0. The fraction of sp³-hybridized carbons (Fsp3) is 0.500. The molecule has 3 rings (SSSR count). The predicted octanol–water partition coefficient (Wildman–Crippen LogP) is -0.477. The number of benzene rings is 1. The van der Waals surface area contributed by atoms with Gasteiger partial charge in [0.2, 0.25) is 6.29 Å². The van der Waals surface area contributed by atoms with Gasteiger partial charge in [0.05, 0.1) is 12.2 Å². The molecule has 0 saturated carbocycles. The third-order valence-corrected chi connectivity index (χ3v) is 4.59. The number of esters is 1. The van der Waals surface area contributed by atoms with E-state index in [1.807, 2.05) is 6.92 Å². The molecule has 2 aliphatic rings. The maximum absolute atomic E-state index is 12.4. The number of rotatable bonds is 4. The fourth-order valence-electron chi connectivity index (χ4n) is 2.99. The van der Waals surface area contributed by atoms with E-state index in [1.54, 1.807) is 12.1 Å². The predicted molar refractivity (Wildman–Crippen MR) is 88.6 cm³/mol. The highest BCUT2D eigenvalue weighted by molar-refractivity contribution is 5.90. The van der Waals surface area contributed by atoms with Crippen LogP contribution < -0.4 is 4.74 Å². The average molecular weight is 366 g/mol. The monoisotopic (exact) mass is 366 g/mol. The quantitative estimate of drug-likeness (QED) is 0.416. The Balaban J connectivity index is 1.71. The number of hydrogen-bond donors (Lipinski definition) is 4. The van der Waals surface area contributed by atoms with Gasteiger partial charge in [-0.1, -0.05) is 6.58 Å². The number of ether oxygens (including phenoxy) is 3. The molecule has 0 aromatic heterocycles. The summed E-state index contributed by atoms with van der Waals surface area (Å²) in [5, 5.41) is 38.6. The second kappa shape index (κ2) is 7.34. The summed E-state index contributed by atoms with van der Waals surface area (Å²) in [5.74, 6) is -0.0988. The first-order valence-corrected chi connectivity index (χ1v) is 8.28. The smallest absolute Gasteiger partial charge is 0.340 e. The molecule has 2 aliphatic heterocycles. The van der Waals surface area contributed by atoms with Crippen LogP contribution in [0.2, 0.25) is 0 Å². The van der Waals surface area contributed by atoms with Gasteiger partial charge in [0.25, 0.3) is 0 Å². The second-order valence-electron chi connectivity index (χ2n) is 6.58. The zero-order valence-electron chi connectivity index (χ0n) is 14.2. The number of aliphatic hydroxyl groups is 4. The van der Waals surface area contributed by atoms with Crippen LogP contribution in [0.25, 0.3) is 0 Å². The average Bonchev–Trinajstić information content (AvgIpc) is 3.05. The maximum atomic E-state index is 12.4. The zero-order valence-corrected chi connectivity index (χ0v) is 14.2. The van der Waals surface area contributed by atoms with E-state index in [-0.39, 0.29) is 11.7 Å². The van der Waals surface area contributed by atoms with Crippen LogP contribution in [0, 0.1) is 0 Å². The Morgan fingerprint density at radius 3 is 2.65 bits per heavy atom. The molecule has 2 heterocycles. The normalized spacial score (nSPS) is 33.3. The molecule has 1 saturated heterocycles. The summed E-state index contributed by atoms with van der Waals surface area (Å²) >= 11 is 0. The van der Waals surface area contributed by atoms with Gasteiger partial charge in [-0.25, -0.2) is 4.79 Å². The van der Waals surface area contributed by atoms with Crippen molar-refractivity contribution in [3.05, 3.63) is 41.5 Å². The maximum Gasteiger partial charge on any atom is 0.340 e. The summed E-state index contributed by atoms with van der Waals surface area (Å²) in [6.45, 7) is 5.13. The van der Waals surface area contributed by atoms with E-state index in [0.29, 0.717) is 12.2 Å². The van der Waals surface area contributed by atoms with E-state index in [2.05, 4.69) is 6.58 Å². The van der Waals surface area contributed by atoms with Gasteiger partial charge in [-0.2, -0.15) is 0 Å². The van der Waals surface area contributed by atoms with E-state index in [4.69, 9.17) is 14.2 Å². The molecule has 1 aromatic rings. The molecular formula is C18H22O8. The van der Waals surface area contributed by atoms with Crippen molar-refractivity contribution >= 4 is 5.97 Å². The van der Waals surface area contributed by atoms with Crippen molar-refractivity contribution < 1.29 is 39.4 Å². The van der Waals surface area contributed by atoms with Crippen molar-refractivity contribution in [2.45, 2.75) is 50.2 Å². The van der Waals surface area contributed by atoms with E-state index < -0.39 is 43.3 Å². The van der Waals surface area contributed by atoms with E-state index in [1.165, 1.54) is 6.07 Å². The van der Waals surface area contributed by atoms with Crippen LogP contribution in [-0.2, 0) is 15.9 Å². The van der Waals surface area contributed by atoms with Crippen LogP contribution in [-0.4, -0.2) is 69.8 Å². The molecule has 4 N–H and O–H groups in total. The van der Waals surface area contributed by atoms with Gasteiger partial charge < -0.3 is 34.6 Å². The number of aliphatic hydroxyl groups excluding tert-OH is 4. The van der Waals surface area contributed by atoms with Crippen LogP contribution in [0.1, 0.15) is 22.8 Å². The molecule has 26 heavy (non-hydrogen) atoms. The lowest BCUT2D eigenvalue weighted by Crippen LogP contribution is -2.59. The first kappa shape index (κ1) is 18.8. The topological polar surface area (TPSA) is 126 Å². The highest BCUT2D eigenvalue weighted by Gasteiger charge is 2.45. The molecule has 0 unspecified atom stereocenters. The fourth-order valence-corrected chi connectivity index (χ4v) is 2.99. The Morgan fingerprint density at radius 1 is 1.27 bits per heavy atom. The molecule has 0 spiro atoms. The molecule has 0 amide bonds. The van der Waals surface area contributed by atoms with Gasteiger partial charge in [-0.15, -0.1) is 0 Å². The van der Waals surface area contributed by atoms with Crippen LogP contribution in [0.3, 0.4) is 0 Å². The Morgan fingerprint density at radius 2 is 2.00 bits per heavy atom. The number of hydrogen-bond acceptors (Lipinski definition) is 8. The molecule has 142 valence electrons. The second-order valence-corrected chi connectivity index (χ2v) is 6.58. The lowest BCUT2D eigenvalue weighted by Gasteiger charge is -2.39. The van der Waals surface area contributed by atoms with Crippen molar-refractivity contribution in [2.24, 2.45) is 0 Å². The van der Waals surface area contributed by atoms with Crippen LogP contribution in [0.15, 0.2) is 30.4 Å². The van der Waals surface area contributed by atoms with Crippen molar-refractivity contribution in [2.75, 3.05) is 6.61 Å². The molecule has 0 aliphatic carbocycles. The minimum Gasteiger partial charge on any atom is -0.485 e. The van der Waals surface area contributed by atoms with Gasteiger partial charge in [-0.05, 0) is 36.3 Å². The summed E-state index contributed by atoms with van der Waals surface area (Å²) in [5.41, 5.74) is 1.94. The van der Waals surface area contributed by atoms with Crippen LogP contribution >= 0.6 is 0 Å². The Kier molecular flexibility index (Phi) is 5.31. The highest BCUT2D eigenvalue weighted by Crippen LogP contribution is 2.32. The van der Waals surface area contributed by atoms with Gasteiger partial charge >= 0.3 is 5.97 Å². The van der Waals surface area contributed by atoms with Crippen molar-refractivity contribution in [1.29, 1.82) is 0 Å². The summed E-state index contributed by atoms with van der Waals surface area (Å²) in [7, 11) is 0. The zero-order chi connectivity index (χ0) is 19.0. The first-order valence-electron chi connectivity index (χ1n) is 8.28. The van der Waals surface area contributed by atoms with Crippen molar-refractivity contribution in [1.82, 2.24) is 0 Å². The minimum atomic E-state index is -1.64. The Bertz CT molecular complexity index is 700. The lowest BCUT2D eigenvalue weighted by molar-refractivity contribution is -0.285. The van der Waals surface area contributed by atoms with Crippen LogP contribution in [0.4, 0.5) is 0 Å². The van der Waals surface area contributed by atoms with Gasteiger partial charge in [-0.3, -0.25) is 0 Å².